The Morgan fingerprint density at radius 2 is 2.05 bits per heavy atom. The maximum atomic E-state index is 6.02. The van der Waals surface area contributed by atoms with Crippen LogP contribution in [0.25, 0.3) is 0 Å². The summed E-state index contributed by atoms with van der Waals surface area (Å²) in [5.41, 5.74) is 8.13. The first kappa shape index (κ1) is 12.9. The Morgan fingerprint density at radius 3 is 2.85 bits per heavy atom. The van der Waals surface area contributed by atoms with Gasteiger partial charge in [-0.3, -0.25) is 4.98 Å². The minimum Gasteiger partial charge on any atom is -0.491 e. The van der Waals surface area contributed by atoms with E-state index in [2.05, 4.69) is 16.0 Å². The predicted octanol–water partition coefficient (Wildman–Crippen LogP) is 2.37. The molecule has 0 fully saturated rings. The molecular weight excluding hydrogens is 250 g/mol. The Kier molecular flexibility index (Phi) is 3.83. The minimum absolute atomic E-state index is 0.0825. The van der Waals surface area contributed by atoms with Gasteiger partial charge in [0, 0.05) is 19.3 Å². The molecule has 0 aliphatic carbocycles. The van der Waals surface area contributed by atoms with Gasteiger partial charge in [0.1, 0.15) is 5.75 Å². The fourth-order valence-corrected chi connectivity index (χ4v) is 2.66. The van der Waals surface area contributed by atoms with Crippen molar-refractivity contribution in [3.8, 4) is 5.75 Å². The normalized spacial score (nSPS) is 15.9. The fourth-order valence-electron chi connectivity index (χ4n) is 2.66. The second kappa shape index (κ2) is 5.92. The Hall–Kier alpha value is -2.07. The molecular formula is C16H19N3O. The van der Waals surface area contributed by atoms with E-state index in [9.17, 15) is 0 Å². The second-order valence-corrected chi connectivity index (χ2v) is 4.87. The molecule has 0 bridgehead atoms. The second-order valence-electron chi connectivity index (χ2n) is 4.87. The van der Waals surface area contributed by atoms with Crippen LogP contribution in [0.3, 0.4) is 0 Å². The molecule has 0 amide bonds. The number of anilines is 1. The zero-order valence-corrected chi connectivity index (χ0v) is 11.4. The van der Waals surface area contributed by atoms with Crippen LogP contribution in [-0.2, 0) is 0 Å². The van der Waals surface area contributed by atoms with Gasteiger partial charge in [0.25, 0.3) is 0 Å². The number of ether oxygens (including phenoxy) is 1. The first-order valence-electron chi connectivity index (χ1n) is 6.99. The lowest BCUT2D eigenvalue weighted by molar-refractivity contribution is 0.322. The predicted molar refractivity (Wildman–Crippen MR) is 79.9 cm³/mol. The van der Waals surface area contributed by atoms with Crippen molar-refractivity contribution < 1.29 is 4.74 Å². The Balaban J connectivity index is 1.99. The summed E-state index contributed by atoms with van der Waals surface area (Å²) in [5.74, 6) is 0.930. The van der Waals surface area contributed by atoms with Gasteiger partial charge in [-0.15, -0.1) is 0 Å². The molecule has 1 aliphatic rings. The third kappa shape index (κ3) is 2.47. The number of rotatable bonds is 3. The number of hydrogen-bond donors (Lipinski definition) is 1. The summed E-state index contributed by atoms with van der Waals surface area (Å²) >= 11 is 0. The van der Waals surface area contributed by atoms with Crippen LogP contribution in [0, 0.1) is 0 Å². The molecule has 2 aromatic rings. The number of benzene rings is 1. The minimum atomic E-state index is 0.0825. The van der Waals surface area contributed by atoms with Crippen LogP contribution < -0.4 is 15.4 Å². The van der Waals surface area contributed by atoms with Gasteiger partial charge in [0.05, 0.1) is 24.0 Å². The highest BCUT2D eigenvalue weighted by Crippen LogP contribution is 2.35. The molecule has 1 unspecified atom stereocenters. The Morgan fingerprint density at radius 1 is 1.20 bits per heavy atom. The van der Waals surface area contributed by atoms with E-state index in [-0.39, 0.29) is 6.04 Å². The summed E-state index contributed by atoms with van der Waals surface area (Å²) in [6.07, 6.45) is 2.80. The van der Waals surface area contributed by atoms with Crippen LogP contribution in [0.15, 0.2) is 48.7 Å². The average Bonchev–Trinajstić information content (AvgIpc) is 2.72. The Bertz CT molecular complexity index is 559. The van der Waals surface area contributed by atoms with Crippen LogP contribution in [0.4, 0.5) is 5.69 Å². The third-order valence-corrected chi connectivity index (χ3v) is 3.60. The monoisotopic (exact) mass is 269 g/mol. The highest BCUT2D eigenvalue weighted by atomic mass is 16.5. The van der Waals surface area contributed by atoms with Crippen molar-refractivity contribution in [3.63, 3.8) is 0 Å². The summed E-state index contributed by atoms with van der Waals surface area (Å²) in [6, 6.07) is 14.2. The van der Waals surface area contributed by atoms with E-state index in [0.29, 0.717) is 6.54 Å². The molecule has 104 valence electrons. The summed E-state index contributed by atoms with van der Waals surface area (Å²) in [7, 11) is 0. The van der Waals surface area contributed by atoms with E-state index in [1.54, 1.807) is 0 Å². The van der Waals surface area contributed by atoms with Gasteiger partial charge in [-0.25, -0.2) is 0 Å². The van der Waals surface area contributed by atoms with Crippen molar-refractivity contribution in [1.29, 1.82) is 0 Å². The molecule has 2 N–H and O–H groups in total. The summed E-state index contributed by atoms with van der Waals surface area (Å²) < 4.78 is 5.81. The van der Waals surface area contributed by atoms with Gasteiger partial charge in [-0.1, -0.05) is 18.2 Å². The highest BCUT2D eigenvalue weighted by Gasteiger charge is 2.24. The number of fused-ring (bicyclic) bond motifs is 1. The van der Waals surface area contributed by atoms with Gasteiger partial charge in [-0.05, 0) is 30.7 Å². The molecule has 2 heterocycles. The molecule has 1 aliphatic heterocycles. The van der Waals surface area contributed by atoms with E-state index in [1.807, 2.05) is 42.6 Å². The maximum absolute atomic E-state index is 6.02. The van der Waals surface area contributed by atoms with Gasteiger partial charge >= 0.3 is 0 Å². The molecule has 1 aromatic heterocycles. The molecule has 1 atom stereocenters. The first-order valence-corrected chi connectivity index (χ1v) is 6.99. The number of nitrogens with two attached hydrogens (primary N) is 1. The van der Waals surface area contributed by atoms with Crippen LogP contribution in [0.1, 0.15) is 18.2 Å². The number of nitrogens with zero attached hydrogens (tertiary/aromatic N) is 2. The molecule has 0 radical (unpaired) electrons. The van der Waals surface area contributed by atoms with Crippen LogP contribution in [-0.4, -0.2) is 24.7 Å². The molecule has 4 nitrogen and oxygen atoms in total. The molecule has 0 spiro atoms. The van der Waals surface area contributed by atoms with Gasteiger partial charge in [0.2, 0.25) is 0 Å². The molecule has 0 saturated heterocycles. The fraction of sp³-hybridized carbons (Fsp3) is 0.312. The molecule has 1 aromatic carbocycles. The van der Waals surface area contributed by atoms with Crippen LogP contribution >= 0.6 is 0 Å². The molecule has 3 rings (SSSR count). The number of aromatic nitrogens is 1. The zero-order chi connectivity index (χ0) is 13.8. The van der Waals surface area contributed by atoms with E-state index in [4.69, 9.17) is 10.5 Å². The van der Waals surface area contributed by atoms with Crippen molar-refractivity contribution in [2.75, 3.05) is 24.6 Å². The third-order valence-electron chi connectivity index (χ3n) is 3.60. The quantitative estimate of drug-likeness (QED) is 0.929. The average molecular weight is 269 g/mol. The SMILES string of the molecule is NCC(c1ccccn1)N1CCCOc2ccccc21. The number of pyridine rings is 1. The first-order chi connectivity index (χ1) is 9.90. The summed E-state index contributed by atoms with van der Waals surface area (Å²) in [6.45, 7) is 2.20. The van der Waals surface area contributed by atoms with Crippen LogP contribution in [0.2, 0.25) is 0 Å². The van der Waals surface area contributed by atoms with Crippen molar-refractivity contribution in [2.45, 2.75) is 12.5 Å². The largest absolute Gasteiger partial charge is 0.491 e. The smallest absolute Gasteiger partial charge is 0.142 e. The van der Waals surface area contributed by atoms with Crippen molar-refractivity contribution >= 4 is 5.69 Å². The zero-order valence-electron chi connectivity index (χ0n) is 11.4. The summed E-state index contributed by atoms with van der Waals surface area (Å²) in [5, 5.41) is 0. The number of hydrogen-bond acceptors (Lipinski definition) is 4. The lowest BCUT2D eigenvalue weighted by Crippen LogP contribution is -2.34. The van der Waals surface area contributed by atoms with Gasteiger partial charge < -0.3 is 15.4 Å². The number of para-hydroxylation sites is 2. The van der Waals surface area contributed by atoms with E-state index in [0.717, 1.165) is 36.7 Å². The lowest BCUT2D eigenvalue weighted by atomic mass is 10.1. The van der Waals surface area contributed by atoms with Gasteiger partial charge in [0.15, 0.2) is 0 Å². The van der Waals surface area contributed by atoms with Crippen molar-refractivity contribution in [2.24, 2.45) is 5.73 Å². The molecule has 0 saturated carbocycles. The summed E-state index contributed by atoms with van der Waals surface area (Å²) in [4.78, 5) is 6.78. The van der Waals surface area contributed by atoms with Gasteiger partial charge in [-0.2, -0.15) is 0 Å². The maximum Gasteiger partial charge on any atom is 0.142 e. The van der Waals surface area contributed by atoms with Crippen LogP contribution in [0.5, 0.6) is 5.75 Å². The Labute approximate surface area is 119 Å². The van der Waals surface area contributed by atoms with E-state index in [1.165, 1.54) is 0 Å². The van der Waals surface area contributed by atoms with Crippen molar-refractivity contribution in [3.05, 3.63) is 54.4 Å². The standard InChI is InChI=1S/C16H19N3O/c17-12-15(13-6-3-4-9-18-13)19-10-5-11-20-16-8-2-1-7-14(16)19/h1-4,6-9,15H,5,10-12,17H2. The van der Waals surface area contributed by atoms with Crippen molar-refractivity contribution in [1.82, 2.24) is 4.98 Å². The van der Waals surface area contributed by atoms with E-state index < -0.39 is 0 Å². The molecule has 20 heavy (non-hydrogen) atoms. The molecule has 4 heteroatoms. The van der Waals surface area contributed by atoms with E-state index >= 15 is 0 Å². The highest BCUT2D eigenvalue weighted by molar-refractivity contribution is 5.60. The lowest BCUT2D eigenvalue weighted by Gasteiger charge is -2.31. The topological polar surface area (TPSA) is 51.4 Å².